The van der Waals surface area contributed by atoms with Crippen molar-refractivity contribution < 1.29 is 4.42 Å². The van der Waals surface area contributed by atoms with E-state index in [4.69, 9.17) is 15.6 Å². The van der Waals surface area contributed by atoms with E-state index in [1.165, 1.54) is 19.3 Å². The number of nitrogens with one attached hydrogen (secondary N) is 1. The number of amidine groups is 1. The van der Waals surface area contributed by atoms with E-state index in [1.54, 1.807) is 18.4 Å². The lowest BCUT2D eigenvalue weighted by Crippen LogP contribution is -2.10. The molecule has 3 rings (SSSR count). The van der Waals surface area contributed by atoms with E-state index in [-0.39, 0.29) is 5.84 Å². The summed E-state index contributed by atoms with van der Waals surface area (Å²) in [6.07, 6.45) is 6.07. The number of hydrogen-bond acceptors (Lipinski definition) is 2. The summed E-state index contributed by atoms with van der Waals surface area (Å²) in [5, 5.41) is 7.23. The van der Waals surface area contributed by atoms with Crippen LogP contribution >= 0.6 is 0 Å². The van der Waals surface area contributed by atoms with Crippen LogP contribution in [0, 0.1) is 11.3 Å². The molecule has 1 heterocycles. The van der Waals surface area contributed by atoms with Crippen LogP contribution in [0.3, 0.4) is 0 Å². The fraction of sp³-hybridized carbons (Fsp3) is 0.312. The molecule has 19 heavy (non-hydrogen) atoms. The van der Waals surface area contributed by atoms with Crippen molar-refractivity contribution in [2.75, 3.05) is 0 Å². The summed E-state index contributed by atoms with van der Waals surface area (Å²) in [6, 6.07) is 11.1. The molecular formula is C16H20N2O. The smallest absolute Gasteiger partial charge is 0.133 e. The average molecular weight is 256 g/mol. The molecule has 0 radical (unpaired) electrons. The van der Waals surface area contributed by atoms with Crippen molar-refractivity contribution in [3.8, 4) is 11.3 Å². The van der Waals surface area contributed by atoms with E-state index < -0.39 is 0 Å². The number of nitrogens with two attached hydrogens (primary N) is 1. The number of rotatable bonds is 3. The van der Waals surface area contributed by atoms with E-state index >= 15 is 0 Å². The number of nitrogen functional groups attached to an aromatic ring is 1. The zero-order valence-electron chi connectivity index (χ0n) is 11.2. The molecule has 3 heteroatoms. The van der Waals surface area contributed by atoms with Gasteiger partial charge >= 0.3 is 0 Å². The van der Waals surface area contributed by atoms with Gasteiger partial charge in [-0.05, 0) is 18.1 Å². The van der Waals surface area contributed by atoms with Gasteiger partial charge < -0.3 is 10.2 Å². The van der Waals surface area contributed by atoms with Crippen LogP contribution in [-0.4, -0.2) is 5.84 Å². The minimum Gasteiger partial charge on any atom is -0.464 e. The number of hydrogen-bond donors (Lipinski definition) is 2. The molecule has 0 amide bonds. The first-order valence-electron chi connectivity index (χ1n) is 6.69. The Balaban J connectivity index is 0.000000224. The third-order valence-corrected chi connectivity index (χ3v) is 3.28. The largest absolute Gasteiger partial charge is 0.464 e. The van der Waals surface area contributed by atoms with E-state index in [9.17, 15) is 0 Å². The first-order chi connectivity index (χ1) is 9.20. The Morgan fingerprint density at radius 2 is 1.95 bits per heavy atom. The molecule has 2 aromatic rings. The quantitative estimate of drug-likeness (QED) is 0.643. The molecule has 1 aliphatic carbocycles. The third-order valence-electron chi connectivity index (χ3n) is 3.28. The molecule has 1 aliphatic rings. The highest BCUT2D eigenvalue weighted by atomic mass is 16.3. The van der Waals surface area contributed by atoms with Crippen LogP contribution in [0.25, 0.3) is 11.3 Å². The van der Waals surface area contributed by atoms with Gasteiger partial charge in [-0.1, -0.05) is 50.5 Å². The summed E-state index contributed by atoms with van der Waals surface area (Å²) in [4.78, 5) is 0. The van der Waals surface area contributed by atoms with Crippen molar-refractivity contribution in [2.45, 2.75) is 26.2 Å². The molecule has 1 aromatic carbocycles. The van der Waals surface area contributed by atoms with E-state index in [1.807, 2.05) is 24.3 Å². The molecule has 0 aliphatic heterocycles. The Kier molecular flexibility index (Phi) is 4.39. The first-order valence-corrected chi connectivity index (χ1v) is 6.69. The number of benzene rings is 1. The van der Waals surface area contributed by atoms with Gasteiger partial charge in [0.2, 0.25) is 0 Å². The van der Waals surface area contributed by atoms with Crippen molar-refractivity contribution in [3.05, 3.63) is 48.2 Å². The zero-order chi connectivity index (χ0) is 13.7. The average Bonchev–Trinajstić information content (AvgIpc) is 3.13. The Bertz CT molecular complexity index is 510. The van der Waals surface area contributed by atoms with Crippen LogP contribution in [0.15, 0.2) is 47.1 Å². The van der Waals surface area contributed by atoms with Gasteiger partial charge in [0.15, 0.2) is 0 Å². The Labute approximate surface area is 113 Å². The van der Waals surface area contributed by atoms with Gasteiger partial charge in [0, 0.05) is 11.1 Å². The van der Waals surface area contributed by atoms with Gasteiger partial charge in [-0.3, -0.25) is 5.41 Å². The van der Waals surface area contributed by atoms with Gasteiger partial charge in [-0.15, -0.1) is 0 Å². The van der Waals surface area contributed by atoms with E-state index in [0.717, 1.165) is 22.8 Å². The topological polar surface area (TPSA) is 63.0 Å². The van der Waals surface area contributed by atoms with Crippen molar-refractivity contribution in [1.29, 1.82) is 5.41 Å². The molecule has 1 fully saturated rings. The van der Waals surface area contributed by atoms with Crippen molar-refractivity contribution in [2.24, 2.45) is 11.7 Å². The van der Waals surface area contributed by atoms with Crippen LogP contribution in [-0.2, 0) is 0 Å². The second-order valence-electron chi connectivity index (χ2n) is 4.82. The third kappa shape index (κ3) is 3.98. The molecule has 0 saturated heterocycles. The Hall–Kier alpha value is -2.03. The molecule has 1 aromatic heterocycles. The summed E-state index contributed by atoms with van der Waals surface area (Å²) >= 11 is 0. The van der Waals surface area contributed by atoms with Gasteiger partial charge in [-0.2, -0.15) is 0 Å². The normalized spacial score (nSPS) is 13.5. The number of furan rings is 1. The summed E-state index contributed by atoms with van der Waals surface area (Å²) in [5.41, 5.74) is 7.05. The summed E-state index contributed by atoms with van der Waals surface area (Å²) in [6.45, 7) is 2.26. The van der Waals surface area contributed by atoms with Crippen molar-refractivity contribution in [1.82, 2.24) is 0 Å². The molecule has 0 atom stereocenters. The SMILES string of the molecule is CCC1CC1.N=C(N)c1ccc(-c2ccco2)cc1. The molecule has 0 unspecified atom stereocenters. The predicted octanol–water partition coefficient (Wildman–Crippen LogP) is 4.04. The van der Waals surface area contributed by atoms with Crippen LogP contribution < -0.4 is 5.73 Å². The van der Waals surface area contributed by atoms with E-state index in [0.29, 0.717) is 0 Å². The van der Waals surface area contributed by atoms with Crippen molar-refractivity contribution >= 4 is 5.84 Å². The Morgan fingerprint density at radius 1 is 1.26 bits per heavy atom. The van der Waals surface area contributed by atoms with E-state index in [2.05, 4.69) is 6.92 Å². The standard InChI is InChI=1S/C11H10N2O.C5H10/c12-11(13)9-5-3-8(4-6-9)10-2-1-7-14-10;1-2-5-3-4-5/h1-7H,(H3,12,13);5H,2-4H2,1H3. The highest BCUT2D eigenvalue weighted by molar-refractivity contribution is 5.95. The van der Waals surface area contributed by atoms with Crippen LogP contribution in [0.1, 0.15) is 31.7 Å². The lowest BCUT2D eigenvalue weighted by Gasteiger charge is -1.99. The molecule has 3 nitrogen and oxygen atoms in total. The summed E-state index contributed by atoms with van der Waals surface area (Å²) in [7, 11) is 0. The zero-order valence-corrected chi connectivity index (χ0v) is 11.2. The van der Waals surface area contributed by atoms with Crippen molar-refractivity contribution in [3.63, 3.8) is 0 Å². The highest BCUT2D eigenvalue weighted by Gasteiger charge is 2.17. The maximum Gasteiger partial charge on any atom is 0.133 e. The lowest BCUT2D eigenvalue weighted by molar-refractivity contribution is 0.582. The summed E-state index contributed by atoms with van der Waals surface area (Å²) < 4.78 is 5.23. The van der Waals surface area contributed by atoms with Crippen LogP contribution in [0.5, 0.6) is 0 Å². The molecular weight excluding hydrogens is 236 g/mol. The molecule has 0 bridgehead atoms. The molecule has 1 saturated carbocycles. The molecule has 100 valence electrons. The molecule has 3 N–H and O–H groups in total. The minimum atomic E-state index is 0.0796. The van der Waals surface area contributed by atoms with Gasteiger partial charge in [0.05, 0.1) is 6.26 Å². The van der Waals surface area contributed by atoms with Gasteiger partial charge in [0.1, 0.15) is 11.6 Å². The van der Waals surface area contributed by atoms with Gasteiger partial charge in [-0.25, -0.2) is 0 Å². The fourth-order valence-corrected chi connectivity index (χ4v) is 1.78. The maximum absolute atomic E-state index is 7.23. The second-order valence-corrected chi connectivity index (χ2v) is 4.82. The first kappa shape index (κ1) is 13.4. The van der Waals surface area contributed by atoms with Crippen LogP contribution in [0.4, 0.5) is 0 Å². The highest BCUT2D eigenvalue weighted by Crippen LogP contribution is 2.31. The maximum atomic E-state index is 7.23. The molecule has 0 spiro atoms. The summed E-state index contributed by atoms with van der Waals surface area (Å²) in [5.74, 6) is 2.03. The Morgan fingerprint density at radius 3 is 2.32 bits per heavy atom. The van der Waals surface area contributed by atoms with Crippen LogP contribution in [0.2, 0.25) is 0 Å². The second kappa shape index (κ2) is 6.23. The van der Waals surface area contributed by atoms with Gasteiger partial charge in [0.25, 0.3) is 0 Å². The monoisotopic (exact) mass is 256 g/mol. The lowest BCUT2D eigenvalue weighted by atomic mass is 10.1. The fourth-order valence-electron chi connectivity index (χ4n) is 1.78. The predicted molar refractivity (Wildman–Crippen MR) is 78.2 cm³/mol. The minimum absolute atomic E-state index is 0.0796.